The first-order chi connectivity index (χ1) is 13.5. The molecular formula is C28H54. The Hall–Kier alpha value is 0. The van der Waals surface area contributed by atoms with E-state index >= 15 is 0 Å². The molecule has 0 bridgehead atoms. The quantitative estimate of drug-likeness (QED) is 0.450. The maximum atomic E-state index is 2.73. The fraction of sp³-hybridized carbons (Fsp3) is 1.00. The van der Waals surface area contributed by atoms with Gasteiger partial charge in [0.1, 0.15) is 0 Å². The van der Waals surface area contributed by atoms with Gasteiger partial charge in [-0.25, -0.2) is 0 Å². The van der Waals surface area contributed by atoms with E-state index in [4.69, 9.17) is 0 Å². The van der Waals surface area contributed by atoms with Crippen LogP contribution in [0, 0.1) is 46.3 Å². The van der Waals surface area contributed by atoms with Crippen LogP contribution < -0.4 is 0 Å². The molecule has 5 unspecified atom stereocenters. The second kappa shape index (κ2) is 10.3. The second-order valence-corrected chi connectivity index (χ2v) is 10.9. The zero-order valence-corrected chi connectivity index (χ0v) is 20.9. The highest BCUT2D eigenvalue weighted by atomic mass is 14.6. The molecule has 4 aliphatic carbocycles. The van der Waals surface area contributed by atoms with Crippen LogP contribution in [0.3, 0.4) is 0 Å². The minimum absolute atomic E-state index is 0.688. The maximum absolute atomic E-state index is 2.73. The van der Waals surface area contributed by atoms with Crippen molar-refractivity contribution in [3.63, 3.8) is 0 Å². The van der Waals surface area contributed by atoms with Crippen molar-refractivity contribution >= 4 is 0 Å². The van der Waals surface area contributed by atoms with Crippen molar-refractivity contribution in [2.45, 2.75) is 132 Å². The molecule has 0 spiro atoms. The lowest BCUT2D eigenvalue weighted by atomic mass is 9.44. The molecule has 166 valence electrons. The molecule has 4 fully saturated rings. The fourth-order valence-electron chi connectivity index (χ4n) is 8.93. The largest absolute Gasteiger partial charge is 0.0683 e. The van der Waals surface area contributed by atoms with Crippen molar-refractivity contribution in [2.24, 2.45) is 46.3 Å². The molecule has 0 aromatic heterocycles. The maximum Gasteiger partial charge on any atom is -0.0264 e. The summed E-state index contributed by atoms with van der Waals surface area (Å²) in [5.41, 5.74) is 1.41. The van der Waals surface area contributed by atoms with Crippen molar-refractivity contribution in [1.29, 1.82) is 0 Å². The van der Waals surface area contributed by atoms with Crippen molar-refractivity contribution in [3.8, 4) is 0 Å². The SMILES string of the molecule is CC.CC.CCCC(C)C1CCC2C3CC[C@@H]4CCCC[C@]4(C)C3CC[C@]12C. The lowest BCUT2D eigenvalue weighted by Crippen LogP contribution is -2.53. The van der Waals surface area contributed by atoms with Crippen molar-refractivity contribution in [3.05, 3.63) is 0 Å². The third-order valence-electron chi connectivity index (χ3n) is 10.1. The molecule has 4 rings (SSSR count). The molecule has 8 atom stereocenters. The fourth-order valence-corrected chi connectivity index (χ4v) is 8.93. The first-order valence-electron chi connectivity index (χ1n) is 13.5. The third-order valence-corrected chi connectivity index (χ3v) is 10.1. The van der Waals surface area contributed by atoms with E-state index < -0.39 is 0 Å². The Labute approximate surface area is 179 Å². The van der Waals surface area contributed by atoms with E-state index in [1.54, 1.807) is 51.4 Å². The van der Waals surface area contributed by atoms with Crippen LogP contribution in [0.2, 0.25) is 0 Å². The van der Waals surface area contributed by atoms with Gasteiger partial charge in [-0.1, -0.05) is 81.1 Å². The van der Waals surface area contributed by atoms with Crippen molar-refractivity contribution in [2.75, 3.05) is 0 Å². The minimum atomic E-state index is 0.688. The van der Waals surface area contributed by atoms with Gasteiger partial charge in [0.05, 0.1) is 0 Å². The summed E-state index contributed by atoms with van der Waals surface area (Å²) in [4.78, 5) is 0. The standard InChI is InChI=1S/C24H42.2C2H6/c1-5-8-17(2)20-12-13-21-19-11-10-18-9-6-7-15-23(18,3)22(19)14-16-24(20,21)4;2*1-2/h17-22H,5-16H2,1-4H3;2*1-2H3/t17?,18-,19?,20?,21?,22?,23-,24+;;/m0../s1. The molecule has 4 aliphatic rings. The van der Waals surface area contributed by atoms with Gasteiger partial charge in [-0.15, -0.1) is 0 Å². The summed E-state index contributed by atoms with van der Waals surface area (Å²) in [6.45, 7) is 18.4. The highest BCUT2D eigenvalue weighted by Crippen LogP contribution is 2.68. The molecule has 0 saturated heterocycles. The molecule has 0 aliphatic heterocycles. The molecule has 0 amide bonds. The van der Waals surface area contributed by atoms with Crippen molar-refractivity contribution in [1.82, 2.24) is 0 Å². The summed E-state index contributed by atoms with van der Waals surface area (Å²) in [7, 11) is 0. The van der Waals surface area contributed by atoms with Gasteiger partial charge in [-0.2, -0.15) is 0 Å². The normalized spacial score (nSPS) is 45.2. The Kier molecular flexibility index (Phi) is 8.97. The molecule has 0 heterocycles. The van der Waals surface area contributed by atoms with Crippen LogP contribution in [0.25, 0.3) is 0 Å². The summed E-state index contributed by atoms with van der Waals surface area (Å²) in [5, 5.41) is 0. The number of rotatable bonds is 3. The first-order valence-corrected chi connectivity index (χ1v) is 13.5. The summed E-state index contributed by atoms with van der Waals surface area (Å²) < 4.78 is 0. The zero-order chi connectivity index (χ0) is 20.9. The Bertz CT molecular complexity index is 453. The van der Waals surface area contributed by atoms with E-state index in [9.17, 15) is 0 Å². The van der Waals surface area contributed by atoms with E-state index in [-0.39, 0.29) is 0 Å². The van der Waals surface area contributed by atoms with Gasteiger partial charge in [0, 0.05) is 0 Å². The highest BCUT2D eigenvalue weighted by molar-refractivity contribution is 5.09. The van der Waals surface area contributed by atoms with Crippen LogP contribution in [0.5, 0.6) is 0 Å². The van der Waals surface area contributed by atoms with Gasteiger partial charge >= 0.3 is 0 Å². The van der Waals surface area contributed by atoms with Crippen LogP contribution in [0.1, 0.15) is 132 Å². The van der Waals surface area contributed by atoms with Crippen LogP contribution in [-0.4, -0.2) is 0 Å². The van der Waals surface area contributed by atoms with Gasteiger partial charge in [0.15, 0.2) is 0 Å². The average molecular weight is 391 g/mol. The van der Waals surface area contributed by atoms with Crippen LogP contribution in [0.4, 0.5) is 0 Å². The van der Waals surface area contributed by atoms with E-state index in [2.05, 4.69) is 27.7 Å². The summed E-state index contributed by atoms with van der Waals surface area (Å²) in [5.74, 6) is 6.30. The van der Waals surface area contributed by atoms with E-state index in [0.29, 0.717) is 5.41 Å². The predicted molar refractivity (Wildman–Crippen MR) is 127 cm³/mol. The van der Waals surface area contributed by atoms with Crippen LogP contribution >= 0.6 is 0 Å². The average Bonchev–Trinajstić information content (AvgIpc) is 3.08. The molecule has 0 heteroatoms. The first kappa shape index (κ1) is 24.3. The van der Waals surface area contributed by atoms with E-state index in [0.717, 1.165) is 40.9 Å². The van der Waals surface area contributed by atoms with Gasteiger partial charge in [0.25, 0.3) is 0 Å². The smallest absolute Gasteiger partial charge is 0.0264 e. The summed E-state index contributed by atoms with van der Waals surface area (Å²) >= 11 is 0. The van der Waals surface area contributed by atoms with Gasteiger partial charge in [-0.3, -0.25) is 0 Å². The zero-order valence-electron chi connectivity index (χ0n) is 20.9. The Morgan fingerprint density at radius 3 is 2.11 bits per heavy atom. The van der Waals surface area contributed by atoms with Crippen LogP contribution in [-0.2, 0) is 0 Å². The lowest BCUT2D eigenvalue weighted by Gasteiger charge is -2.61. The van der Waals surface area contributed by atoms with Crippen molar-refractivity contribution < 1.29 is 0 Å². The molecule has 4 saturated carbocycles. The molecule has 0 radical (unpaired) electrons. The summed E-state index contributed by atoms with van der Waals surface area (Å²) in [6.07, 6.45) is 18.4. The topological polar surface area (TPSA) is 0 Å². The van der Waals surface area contributed by atoms with E-state index in [1.807, 2.05) is 27.7 Å². The van der Waals surface area contributed by atoms with E-state index in [1.165, 1.54) is 25.7 Å². The van der Waals surface area contributed by atoms with Gasteiger partial charge in [-0.05, 0) is 97.7 Å². The molecule has 0 aromatic rings. The lowest BCUT2D eigenvalue weighted by molar-refractivity contribution is -0.114. The number of hydrogen-bond donors (Lipinski definition) is 0. The second-order valence-electron chi connectivity index (χ2n) is 10.9. The molecule has 0 N–H and O–H groups in total. The van der Waals surface area contributed by atoms with Gasteiger partial charge < -0.3 is 0 Å². The molecular weight excluding hydrogens is 336 g/mol. The molecule has 0 aromatic carbocycles. The molecule has 0 nitrogen and oxygen atoms in total. The monoisotopic (exact) mass is 390 g/mol. The van der Waals surface area contributed by atoms with Crippen LogP contribution in [0.15, 0.2) is 0 Å². The number of fused-ring (bicyclic) bond motifs is 5. The van der Waals surface area contributed by atoms with Gasteiger partial charge in [0.2, 0.25) is 0 Å². The Morgan fingerprint density at radius 1 is 0.750 bits per heavy atom. The minimum Gasteiger partial charge on any atom is -0.0683 e. The third kappa shape index (κ3) is 4.09. The molecule has 28 heavy (non-hydrogen) atoms. The number of hydrogen-bond acceptors (Lipinski definition) is 0. The Morgan fingerprint density at radius 2 is 1.43 bits per heavy atom. The Balaban J connectivity index is 0.000000660. The summed E-state index contributed by atoms with van der Waals surface area (Å²) in [6, 6.07) is 0. The highest BCUT2D eigenvalue weighted by Gasteiger charge is 2.59. The predicted octanol–water partition coefficient (Wildman–Crippen LogP) is 9.52.